The average molecular weight is 728 g/mol. The molecule has 6 nitrogen and oxygen atoms in total. The second-order valence-electron chi connectivity index (χ2n) is 15.2. The van der Waals surface area contributed by atoms with Crippen molar-refractivity contribution in [3.8, 4) is 5.75 Å². The van der Waals surface area contributed by atoms with Crippen molar-refractivity contribution in [3.63, 3.8) is 0 Å². The average Bonchev–Trinajstić information content (AvgIpc) is 4.02. The lowest BCUT2D eigenvalue weighted by atomic mass is 9.68. The molecule has 3 fully saturated rings. The van der Waals surface area contributed by atoms with E-state index in [2.05, 4.69) is 125 Å². The van der Waals surface area contributed by atoms with Crippen LogP contribution in [-0.4, -0.2) is 57.9 Å². The number of benzene rings is 3. The highest BCUT2D eigenvalue weighted by Gasteiger charge is 2.34. The Balaban J connectivity index is 1.37. The number of unbranched alkanes of at least 4 members (excludes halogenated alkanes) is 1. The molecule has 3 aromatic carbocycles. The molecule has 0 spiro atoms. The third kappa shape index (κ3) is 9.92. The van der Waals surface area contributed by atoms with Gasteiger partial charge in [-0.2, -0.15) is 0 Å². The van der Waals surface area contributed by atoms with E-state index in [-0.39, 0.29) is 17.6 Å². The molecule has 3 aromatic rings. The molecule has 54 heavy (non-hydrogen) atoms. The van der Waals surface area contributed by atoms with Crippen LogP contribution in [0.25, 0.3) is 0 Å². The van der Waals surface area contributed by atoms with E-state index in [0.29, 0.717) is 31.5 Å². The largest absolute Gasteiger partial charge is 0.491 e. The maximum atomic E-state index is 6.24. The van der Waals surface area contributed by atoms with Gasteiger partial charge >= 0.3 is 0 Å². The first-order chi connectivity index (χ1) is 26.1. The van der Waals surface area contributed by atoms with Crippen molar-refractivity contribution in [1.29, 1.82) is 0 Å². The van der Waals surface area contributed by atoms with Crippen LogP contribution >= 0.6 is 0 Å². The second-order valence-corrected chi connectivity index (χ2v) is 15.2. The van der Waals surface area contributed by atoms with Crippen LogP contribution in [0.5, 0.6) is 5.75 Å². The van der Waals surface area contributed by atoms with Crippen molar-refractivity contribution in [3.05, 3.63) is 168 Å². The summed E-state index contributed by atoms with van der Waals surface area (Å²) in [7, 11) is 0. The maximum absolute atomic E-state index is 6.24. The highest BCUT2D eigenvalue weighted by Crippen LogP contribution is 2.43. The molecule has 6 rings (SSSR count). The Hall–Kier alpha value is -4.62. The van der Waals surface area contributed by atoms with Crippen LogP contribution in [0.2, 0.25) is 0 Å². The molecule has 0 amide bonds. The van der Waals surface area contributed by atoms with E-state index < -0.39 is 5.41 Å². The fourth-order valence-corrected chi connectivity index (χ4v) is 6.86. The Labute approximate surface area is 322 Å². The molecule has 4 atom stereocenters. The van der Waals surface area contributed by atoms with Crippen molar-refractivity contribution in [2.45, 2.75) is 75.6 Å². The van der Waals surface area contributed by atoms with E-state index in [0.717, 1.165) is 73.8 Å². The van der Waals surface area contributed by atoms with E-state index >= 15 is 0 Å². The summed E-state index contributed by atoms with van der Waals surface area (Å²) < 4.78 is 28.4. The molecule has 6 heteroatoms. The summed E-state index contributed by atoms with van der Waals surface area (Å²) in [5, 5.41) is 3.58. The molecule has 0 aromatic heterocycles. The first kappa shape index (κ1) is 39.1. The quantitative estimate of drug-likeness (QED) is 0.0345. The monoisotopic (exact) mass is 727 g/mol. The Bertz CT molecular complexity index is 1860. The summed E-state index contributed by atoms with van der Waals surface area (Å²) >= 11 is 0. The number of anilines is 1. The number of rotatable bonds is 23. The van der Waals surface area contributed by atoms with E-state index in [1.807, 2.05) is 24.3 Å². The molecule has 1 N–H and O–H groups in total. The van der Waals surface area contributed by atoms with Crippen LogP contribution in [0.3, 0.4) is 0 Å². The number of hydrogen-bond donors (Lipinski definition) is 1. The lowest BCUT2D eigenvalue weighted by Gasteiger charge is -2.35. The molecule has 0 radical (unpaired) electrons. The Morgan fingerprint density at radius 2 is 1.33 bits per heavy atom. The minimum atomic E-state index is -0.538. The number of hydrogen-bond acceptors (Lipinski definition) is 6. The van der Waals surface area contributed by atoms with Crippen LogP contribution in [0, 0.1) is 0 Å². The summed E-state index contributed by atoms with van der Waals surface area (Å²) in [5.41, 5.74) is 8.66. The molecule has 0 aliphatic carbocycles. The van der Waals surface area contributed by atoms with Gasteiger partial charge in [-0.05, 0) is 89.8 Å². The summed E-state index contributed by atoms with van der Waals surface area (Å²) in [6.07, 6.45) is 16.2. The molecular weight excluding hydrogens is 671 g/mol. The van der Waals surface area contributed by atoms with Gasteiger partial charge in [-0.15, -0.1) is 19.7 Å². The lowest BCUT2D eigenvalue weighted by Crippen LogP contribution is -2.27. The van der Waals surface area contributed by atoms with Crippen molar-refractivity contribution < 1.29 is 23.7 Å². The number of epoxide rings is 3. The van der Waals surface area contributed by atoms with Gasteiger partial charge in [0.25, 0.3) is 0 Å². The molecule has 0 saturated carbocycles. The third-order valence-corrected chi connectivity index (χ3v) is 10.7. The fourth-order valence-electron chi connectivity index (χ4n) is 6.86. The Morgan fingerprint density at radius 3 is 2.00 bits per heavy atom. The van der Waals surface area contributed by atoms with Crippen molar-refractivity contribution in [2.75, 3.05) is 44.9 Å². The normalized spacial score (nSPS) is 20.1. The van der Waals surface area contributed by atoms with Crippen LogP contribution in [0.1, 0.15) is 67.0 Å². The number of nitrogens with one attached hydrogen (secondary N) is 1. The van der Waals surface area contributed by atoms with E-state index in [9.17, 15) is 0 Å². The van der Waals surface area contributed by atoms with Gasteiger partial charge in [0.05, 0.1) is 25.9 Å². The zero-order valence-electron chi connectivity index (χ0n) is 32.4. The van der Waals surface area contributed by atoms with Crippen LogP contribution < -0.4 is 10.1 Å². The van der Waals surface area contributed by atoms with Crippen molar-refractivity contribution in [2.24, 2.45) is 0 Å². The highest BCUT2D eigenvalue weighted by atomic mass is 16.6. The van der Waals surface area contributed by atoms with Crippen molar-refractivity contribution >= 4 is 5.69 Å². The van der Waals surface area contributed by atoms with E-state index in [4.69, 9.17) is 23.7 Å². The maximum Gasteiger partial charge on any atom is 0.122 e. The lowest BCUT2D eigenvalue weighted by molar-refractivity contribution is 0.194. The van der Waals surface area contributed by atoms with Crippen LogP contribution in [-0.2, 0) is 42.6 Å². The number of allylic oxidation sites excluding steroid dienone is 7. The van der Waals surface area contributed by atoms with Gasteiger partial charge in [0.15, 0.2) is 0 Å². The van der Waals surface area contributed by atoms with Gasteiger partial charge in [0, 0.05) is 23.1 Å². The highest BCUT2D eigenvalue weighted by molar-refractivity contribution is 5.58. The topological polar surface area (TPSA) is 68.1 Å². The molecule has 3 aliphatic heterocycles. The smallest absolute Gasteiger partial charge is 0.122 e. The molecule has 3 aliphatic rings. The third-order valence-electron chi connectivity index (χ3n) is 10.7. The molecular formula is C48H57NO5. The minimum absolute atomic E-state index is 0.159. The SMILES string of the molecule is C=CCC/C=C(\C=C/C(=C)OCC1CO1)C(C)(c1ccc(C(C)(C)c2ccc(NCC3CO3)c(CC=C)c2)cc1)c1ccc(OCC2CO2)c(CC=C)c1. The van der Waals surface area contributed by atoms with Crippen molar-refractivity contribution in [1.82, 2.24) is 0 Å². The summed E-state index contributed by atoms with van der Waals surface area (Å²) in [6.45, 7) is 27.4. The van der Waals surface area contributed by atoms with Gasteiger partial charge < -0.3 is 29.0 Å². The first-order valence-electron chi connectivity index (χ1n) is 19.3. The first-order valence-corrected chi connectivity index (χ1v) is 19.3. The Kier molecular flexibility index (Phi) is 12.8. The minimum Gasteiger partial charge on any atom is -0.491 e. The Morgan fingerprint density at radius 1 is 0.722 bits per heavy atom. The van der Waals surface area contributed by atoms with Crippen LogP contribution in [0.15, 0.2) is 135 Å². The summed E-state index contributed by atoms with van der Waals surface area (Å²) in [4.78, 5) is 0. The second kappa shape index (κ2) is 17.7. The van der Waals surface area contributed by atoms with E-state index in [1.165, 1.54) is 22.3 Å². The van der Waals surface area contributed by atoms with Crippen LogP contribution in [0.4, 0.5) is 5.69 Å². The molecule has 4 unspecified atom stereocenters. The van der Waals surface area contributed by atoms with Gasteiger partial charge in [-0.25, -0.2) is 0 Å². The zero-order valence-corrected chi connectivity index (χ0v) is 32.4. The van der Waals surface area contributed by atoms with Gasteiger partial charge in [-0.1, -0.05) is 99.3 Å². The standard InChI is InChI=1S/C48H57NO5/c1-8-11-12-15-38(17-16-34(4)50-30-43-31-52-43)48(7,41-23-25-46(36(27-41)14-10-3)54-33-44-32-53-44)39-20-18-37(19-21-39)47(5,6)40-22-24-45(35(26-40)13-9-2)49-28-42-29-51-42/h8-10,15-27,42-44,49H,1-4,11-14,28-33H2,5-7H3/b17-16-,38-15+. The summed E-state index contributed by atoms with van der Waals surface area (Å²) in [6, 6.07) is 22.5. The summed E-state index contributed by atoms with van der Waals surface area (Å²) in [5.74, 6) is 1.47. The number of ether oxygens (including phenoxy) is 5. The van der Waals surface area contributed by atoms with Gasteiger partial charge in [0.1, 0.15) is 36.9 Å². The fraction of sp³-hybridized carbons (Fsp3) is 0.375. The molecule has 284 valence electrons. The predicted octanol–water partition coefficient (Wildman–Crippen LogP) is 9.74. The van der Waals surface area contributed by atoms with Gasteiger partial charge in [-0.3, -0.25) is 0 Å². The van der Waals surface area contributed by atoms with Gasteiger partial charge in [0.2, 0.25) is 0 Å². The molecule has 3 heterocycles. The predicted molar refractivity (Wildman–Crippen MR) is 221 cm³/mol. The molecule has 0 bridgehead atoms. The van der Waals surface area contributed by atoms with E-state index in [1.54, 1.807) is 0 Å². The zero-order chi connectivity index (χ0) is 38.1. The molecule has 3 saturated heterocycles.